The van der Waals surface area contributed by atoms with Crippen molar-refractivity contribution >= 4 is 34.1 Å². The second-order valence-corrected chi connectivity index (χ2v) is 7.29. The van der Waals surface area contributed by atoms with Gasteiger partial charge in [-0.1, -0.05) is 18.2 Å². The van der Waals surface area contributed by atoms with E-state index < -0.39 is 5.82 Å². The summed E-state index contributed by atoms with van der Waals surface area (Å²) in [5, 5.41) is 3.57. The van der Waals surface area contributed by atoms with Gasteiger partial charge in [-0.05, 0) is 49.6 Å². The largest absolute Gasteiger partial charge is 0.338 e. The molecule has 0 aliphatic carbocycles. The van der Waals surface area contributed by atoms with Crippen molar-refractivity contribution in [3.05, 3.63) is 59.0 Å². The van der Waals surface area contributed by atoms with Crippen molar-refractivity contribution in [1.29, 1.82) is 0 Å². The number of halogens is 1. The number of carbonyl (C=O) groups is 2. The number of aromatic nitrogens is 1. The van der Waals surface area contributed by atoms with E-state index in [-0.39, 0.29) is 11.8 Å². The predicted octanol–water partition coefficient (Wildman–Crippen LogP) is 4.31. The second kappa shape index (κ2) is 6.78. The maximum Gasteiger partial charge on any atom is 0.274 e. The lowest BCUT2D eigenvalue weighted by Gasteiger charge is -2.18. The van der Waals surface area contributed by atoms with Gasteiger partial charge in [-0.25, -0.2) is 4.39 Å². The zero-order valence-corrected chi connectivity index (χ0v) is 16.2. The van der Waals surface area contributed by atoms with E-state index >= 15 is 0 Å². The summed E-state index contributed by atoms with van der Waals surface area (Å²) in [7, 11) is 1.77. The first-order chi connectivity index (χ1) is 13.4. The Hall–Kier alpha value is -3.15. The summed E-state index contributed by atoms with van der Waals surface area (Å²) in [5.74, 6) is -0.753. The van der Waals surface area contributed by atoms with Crippen LogP contribution in [0.2, 0.25) is 0 Å². The highest BCUT2D eigenvalue weighted by Gasteiger charge is 2.31. The molecule has 0 saturated carbocycles. The molecule has 0 atom stereocenters. The Labute approximate surface area is 162 Å². The maximum absolute atomic E-state index is 14.0. The van der Waals surface area contributed by atoms with Crippen LogP contribution in [0.5, 0.6) is 0 Å². The molecule has 1 aliphatic heterocycles. The Morgan fingerprint density at radius 1 is 1.14 bits per heavy atom. The van der Waals surface area contributed by atoms with Crippen LogP contribution in [0.1, 0.15) is 34.5 Å². The van der Waals surface area contributed by atoms with Gasteiger partial charge in [0.15, 0.2) is 0 Å². The Morgan fingerprint density at radius 3 is 2.50 bits per heavy atom. The topological polar surface area (TPSA) is 54.3 Å². The Kier molecular flexibility index (Phi) is 4.41. The zero-order chi connectivity index (χ0) is 20.0. The fraction of sp³-hybridized carbons (Fsp3) is 0.273. The molecule has 0 radical (unpaired) electrons. The fourth-order valence-corrected chi connectivity index (χ4v) is 4.00. The fourth-order valence-electron chi connectivity index (χ4n) is 4.00. The molecular formula is C22H22FN3O2. The van der Waals surface area contributed by atoms with Crippen LogP contribution in [-0.4, -0.2) is 22.9 Å². The number of benzene rings is 2. The van der Waals surface area contributed by atoms with E-state index in [0.717, 1.165) is 23.2 Å². The lowest BCUT2D eigenvalue weighted by atomic mass is 10.1. The van der Waals surface area contributed by atoms with Gasteiger partial charge in [0, 0.05) is 31.1 Å². The smallest absolute Gasteiger partial charge is 0.274 e. The lowest BCUT2D eigenvalue weighted by molar-refractivity contribution is -0.117. The Bertz CT molecular complexity index is 1100. The van der Waals surface area contributed by atoms with Crippen LogP contribution in [0.4, 0.5) is 15.8 Å². The second-order valence-electron chi connectivity index (χ2n) is 7.29. The van der Waals surface area contributed by atoms with Crippen LogP contribution in [0.3, 0.4) is 0 Å². The quantitative estimate of drug-likeness (QED) is 0.737. The van der Waals surface area contributed by atoms with Gasteiger partial charge < -0.3 is 14.8 Å². The summed E-state index contributed by atoms with van der Waals surface area (Å²) in [6.45, 7) is 4.40. The third kappa shape index (κ3) is 2.85. The number of amides is 2. The number of nitrogens with one attached hydrogen (secondary N) is 1. The molecule has 2 amide bonds. The van der Waals surface area contributed by atoms with E-state index in [9.17, 15) is 14.0 Å². The van der Waals surface area contributed by atoms with Crippen molar-refractivity contribution in [3.63, 3.8) is 0 Å². The van der Waals surface area contributed by atoms with Gasteiger partial charge in [0.1, 0.15) is 11.5 Å². The maximum atomic E-state index is 14.0. The number of nitrogens with zero attached hydrogens (tertiary/aromatic N) is 2. The SMILES string of the molecule is Cc1cccc(C)c1NC(=O)c1c(N2CCCC2=O)c2cc(F)ccc2n1C. The summed E-state index contributed by atoms with van der Waals surface area (Å²) < 4.78 is 15.7. The minimum atomic E-state index is -0.396. The minimum absolute atomic E-state index is 0.0436. The summed E-state index contributed by atoms with van der Waals surface area (Å²) in [5.41, 5.74) is 4.22. The summed E-state index contributed by atoms with van der Waals surface area (Å²) in [6.07, 6.45) is 1.16. The molecule has 5 nitrogen and oxygen atoms in total. The molecule has 144 valence electrons. The average molecular weight is 379 g/mol. The third-order valence-electron chi connectivity index (χ3n) is 5.41. The Balaban J connectivity index is 1.89. The highest BCUT2D eigenvalue weighted by Crippen LogP contribution is 2.37. The number of hydrogen-bond acceptors (Lipinski definition) is 2. The molecule has 1 aromatic heterocycles. The van der Waals surface area contributed by atoms with Gasteiger partial charge in [0.2, 0.25) is 5.91 Å². The van der Waals surface area contributed by atoms with E-state index in [1.54, 1.807) is 22.6 Å². The van der Waals surface area contributed by atoms with Crippen molar-refractivity contribution in [2.75, 3.05) is 16.8 Å². The molecule has 0 bridgehead atoms. The number of carbonyl (C=O) groups excluding carboxylic acids is 2. The molecule has 28 heavy (non-hydrogen) atoms. The van der Waals surface area contributed by atoms with E-state index in [0.29, 0.717) is 35.2 Å². The molecule has 2 heterocycles. The third-order valence-corrected chi connectivity index (χ3v) is 5.41. The molecule has 2 aromatic carbocycles. The number of hydrogen-bond donors (Lipinski definition) is 1. The normalized spacial score (nSPS) is 14.1. The van der Waals surface area contributed by atoms with Crippen molar-refractivity contribution in [2.45, 2.75) is 26.7 Å². The molecule has 1 saturated heterocycles. The Morgan fingerprint density at radius 2 is 1.86 bits per heavy atom. The van der Waals surface area contributed by atoms with Crippen LogP contribution in [-0.2, 0) is 11.8 Å². The molecule has 6 heteroatoms. The van der Waals surface area contributed by atoms with Gasteiger partial charge in [-0.2, -0.15) is 0 Å². The van der Waals surface area contributed by atoms with Crippen molar-refractivity contribution < 1.29 is 14.0 Å². The first-order valence-electron chi connectivity index (χ1n) is 9.34. The first kappa shape index (κ1) is 18.2. The molecule has 1 N–H and O–H groups in total. The highest BCUT2D eigenvalue weighted by molar-refractivity contribution is 6.17. The number of fused-ring (bicyclic) bond motifs is 1. The van der Waals surface area contributed by atoms with E-state index in [2.05, 4.69) is 5.32 Å². The van der Waals surface area contributed by atoms with Gasteiger partial charge in [0.25, 0.3) is 5.91 Å². The van der Waals surface area contributed by atoms with Gasteiger partial charge in [-0.3, -0.25) is 9.59 Å². The minimum Gasteiger partial charge on any atom is -0.338 e. The standard InChI is InChI=1S/C22H22FN3O2/c1-13-6-4-7-14(2)19(13)24-22(28)21-20(26-11-5-8-18(26)27)16-12-15(23)9-10-17(16)25(21)3/h4,6-7,9-10,12H,5,8,11H2,1-3H3,(H,24,28). The predicted molar refractivity (Wildman–Crippen MR) is 108 cm³/mol. The summed E-state index contributed by atoms with van der Waals surface area (Å²) in [6, 6.07) is 10.2. The number of anilines is 2. The van der Waals surface area contributed by atoms with Crippen LogP contribution in [0.25, 0.3) is 10.9 Å². The molecule has 4 rings (SSSR count). The number of rotatable bonds is 3. The van der Waals surface area contributed by atoms with Gasteiger partial charge in [0.05, 0.1) is 11.2 Å². The van der Waals surface area contributed by atoms with E-state index in [1.807, 2.05) is 32.0 Å². The zero-order valence-electron chi connectivity index (χ0n) is 16.2. The van der Waals surface area contributed by atoms with Crippen LogP contribution in [0, 0.1) is 19.7 Å². The van der Waals surface area contributed by atoms with E-state index in [1.165, 1.54) is 12.1 Å². The van der Waals surface area contributed by atoms with Gasteiger partial charge >= 0.3 is 0 Å². The van der Waals surface area contributed by atoms with E-state index in [4.69, 9.17) is 0 Å². The molecule has 1 aliphatic rings. The number of aryl methyl sites for hydroxylation is 3. The van der Waals surface area contributed by atoms with Crippen LogP contribution < -0.4 is 10.2 Å². The monoisotopic (exact) mass is 379 g/mol. The summed E-state index contributed by atoms with van der Waals surface area (Å²) in [4.78, 5) is 27.4. The molecule has 0 spiro atoms. The molecule has 0 unspecified atom stereocenters. The molecule has 3 aromatic rings. The number of para-hydroxylation sites is 1. The molecule has 1 fully saturated rings. The van der Waals surface area contributed by atoms with Crippen molar-refractivity contribution in [1.82, 2.24) is 4.57 Å². The van der Waals surface area contributed by atoms with Crippen LogP contribution >= 0.6 is 0 Å². The van der Waals surface area contributed by atoms with Crippen LogP contribution in [0.15, 0.2) is 36.4 Å². The average Bonchev–Trinajstić information content (AvgIpc) is 3.18. The molecular weight excluding hydrogens is 357 g/mol. The lowest BCUT2D eigenvalue weighted by Crippen LogP contribution is -2.27. The van der Waals surface area contributed by atoms with Gasteiger partial charge in [-0.15, -0.1) is 0 Å². The summed E-state index contributed by atoms with van der Waals surface area (Å²) >= 11 is 0. The first-order valence-corrected chi connectivity index (χ1v) is 9.34. The van der Waals surface area contributed by atoms with Crippen molar-refractivity contribution in [2.24, 2.45) is 7.05 Å². The highest BCUT2D eigenvalue weighted by atomic mass is 19.1. The van der Waals surface area contributed by atoms with Crippen molar-refractivity contribution in [3.8, 4) is 0 Å².